The SMILES string of the molecule is Cc1ccccc1Nc1ncncc1C#N. The second-order valence-corrected chi connectivity index (χ2v) is 3.34. The van der Waals surface area contributed by atoms with Gasteiger partial charge in [-0.3, -0.25) is 0 Å². The van der Waals surface area contributed by atoms with Gasteiger partial charge in [-0.15, -0.1) is 0 Å². The van der Waals surface area contributed by atoms with Crippen LogP contribution in [0.4, 0.5) is 11.5 Å². The number of nitrogens with zero attached hydrogens (tertiary/aromatic N) is 3. The van der Waals surface area contributed by atoms with E-state index >= 15 is 0 Å². The van der Waals surface area contributed by atoms with E-state index in [4.69, 9.17) is 5.26 Å². The third-order valence-electron chi connectivity index (χ3n) is 2.23. The summed E-state index contributed by atoms with van der Waals surface area (Å²) in [6.07, 6.45) is 2.91. The Labute approximate surface area is 93.6 Å². The van der Waals surface area contributed by atoms with Crippen LogP contribution in [-0.2, 0) is 0 Å². The molecular formula is C12H10N4. The molecule has 0 unspecified atom stereocenters. The van der Waals surface area contributed by atoms with Crippen LogP contribution < -0.4 is 5.32 Å². The van der Waals surface area contributed by atoms with Crippen LogP contribution >= 0.6 is 0 Å². The second kappa shape index (κ2) is 4.41. The van der Waals surface area contributed by atoms with Crippen LogP contribution in [0.5, 0.6) is 0 Å². The summed E-state index contributed by atoms with van der Waals surface area (Å²) >= 11 is 0. The van der Waals surface area contributed by atoms with E-state index in [0.717, 1.165) is 11.3 Å². The molecule has 4 nitrogen and oxygen atoms in total. The summed E-state index contributed by atoms with van der Waals surface area (Å²) in [5.41, 5.74) is 2.48. The summed E-state index contributed by atoms with van der Waals surface area (Å²) in [6.45, 7) is 2.00. The Bertz CT molecular complexity index is 543. The van der Waals surface area contributed by atoms with E-state index in [9.17, 15) is 0 Å². The molecule has 0 aliphatic carbocycles. The van der Waals surface area contributed by atoms with Crippen molar-refractivity contribution in [2.45, 2.75) is 6.92 Å². The number of hydrogen-bond donors (Lipinski definition) is 1. The Morgan fingerprint density at radius 3 is 2.88 bits per heavy atom. The van der Waals surface area contributed by atoms with E-state index in [2.05, 4.69) is 15.3 Å². The molecule has 0 aliphatic rings. The Hall–Kier alpha value is -2.41. The minimum Gasteiger partial charge on any atom is -0.339 e. The van der Waals surface area contributed by atoms with Gasteiger partial charge in [0.15, 0.2) is 5.82 Å². The molecule has 0 bridgehead atoms. The van der Waals surface area contributed by atoms with Crippen molar-refractivity contribution in [3.8, 4) is 6.07 Å². The Kier molecular flexibility index (Phi) is 2.79. The third kappa shape index (κ3) is 1.98. The zero-order valence-corrected chi connectivity index (χ0v) is 8.81. The number of nitrogens with one attached hydrogen (secondary N) is 1. The van der Waals surface area contributed by atoms with E-state index < -0.39 is 0 Å². The maximum Gasteiger partial charge on any atom is 0.151 e. The van der Waals surface area contributed by atoms with Gasteiger partial charge in [0.05, 0.1) is 6.20 Å². The van der Waals surface area contributed by atoms with E-state index in [1.165, 1.54) is 12.5 Å². The summed E-state index contributed by atoms with van der Waals surface area (Å²) in [7, 11) is 0. The van der Waals surface area contributed by atoms with Crippen molar-refractivity contribution < 1.29 is 0 Å². The molecule has 0 radical (unpaired) electrons. The molecule has 0 amide bonds. The average Bonchev–Trinajstić information content (AvgIpc) is 2.33. The maximum absolute atomic E-state index is 8.90. The Morgan fingerprint density at radius 2 is 2.12 bits per heavy atom. The molecular weight excluding hydrogens is 200 g/mol. The molecule has 0 aliphatic heterocycles. The van der Waals surface area contributed by atoms with Gasteiger partial charge in [0, 0.05) is 5.69 Å². The lowest BCUT2D eigenvalue weighted by atomic mass is 10.2. The normalized spacial score (nSPS) is 9.50. The Morgan fingerprint density at radius 1 is 1.31 bits per heavy atom. The van der Waals surface area contributed by atoms with Gasteiger partial charge in [-0.1, -0.05) is 18.2 Å². The van der Waals surface area contributed by atoms with Crippen LogP contribution in [0.15, 0.2) is 36.8 Å². The van der Waals surface area contributed by atoms with E-state index in [1.54, 1.807) is 0 Å². The Balaban J connectivity index is 2.35. The molecule has 16 heavy (non-hydrogen) atoms. The van der Waals surface area contributed by atoms with Gasteiger partial charge in [0.2, 0.25) is 0 Å². The quantitative estimate of drug-likeness (QED) is 0.826. The highest BCUT2D eigenvalue weighted by Crippen LogP contribution is 2.19. The van der Waals surface area contributed by atoms with Gasteiger partial charge in [0.1, 0.15) is 18.0 Å². The van der Waals surface area contributed by atoms with Crippen molar-refractivity contribution in [2.24, 2.45) is 0 Å². The molecule has 1 aromatic carbocycles. The average molecular weight is 210 g/mol. The molecule has 0 saturated carbocycles. The number of aromatic nitrogens is 2. The fourth-order valence-corrected chi connectivity index (χ4v) is 1.35. The van der Waals surface area contributed by atoms with Crippen molar-refractivity contribution in [3.63, 3.8) is 0 Å². The van der Waals surface area contributed by atoms with Gasteiger partial charge in [0.25, 0.3) is 0 Å². The number of benzene rings is 1. The van der Waals surface area contributed by atoms with Crippen LogP contribution in [0, 0.1) is 18.3 Å². The molecule has 4 heteroatoms. The third-order valence-corrected chi connectivity index (χ3v) is 2.23. The van der Waals surface area contributed by atoms with E-state index in [1.807, 2.05) is 37.3 Å². The molecule has 0 atom stereocenters. The van der Waals surface area contributed by atoms with Crippen LogP contribution in [0.25, 0.3) is 0 Å². The van der Waals surface area contributed by atoms with Crippen molar-refractivity contribution >= 4 is 11.5 Å². The number of nitriles is 1. The number of rotatable bonds is 2. The number of anilines is 2. The lowest BCUT2D eigenvalue weighted by molar-refractivity contribution is 1.15. The first-order valence-electron chi connectivity index (χ1n) is 4.84. The van der Waals surface area contributed by atoms with Crippen molar-refractivity contribution in [2.75, 3.05) is 5.32 Å². The first kappa shape index (κ1) is 10.1. The van der Waals surface area contributed by atoms with Crippen molar-refractivity contribution in [1.29, 1.82) is 5.26 Å². The van der Waals surface area contributed by atoms with Gasteiger partial charge in [-0.25, -0.2) is 9.97 Å². The highest BCUT2D eigenvalue weighted by Gasteiger charge is 2.04. The smallest absolute Gasteiger partial charge is 0.151 e. The highest BCUT2D eigenvalue weighted by atomic mass is 15.0. The molecule has 78 valence electrons. The van der Waals surface area contributed by atoms with E-state index in [0.29, 0.717) is 11.4 Å². The largest absolute Gasteiger partial charge is 0.339 e. The molecule has 1 aromatic heterocycles. The van der Waals surface area contributed by atoms with Crippen LogP contribution in [-0.4, -0.2) is 9.97 Å². The van der Waals surface area contributed by atoms with Crippen LogP contribution in [0.3, 0.4) is 0 Å². The predicted molar refractivity (Wildman–Crippen MR) is 61.2 cm³/mol. The lowest BCUT2D eigenvalue weighted by Gasteiger charge is -2.08. The molecule has 2 aromatic rings. The van der Waals surface area contributed by atoms with Gasteiger partial charge in [-0.2, -0.15) is 5.26 Å². The van der Waals surface area contributed by atoms with Crippen LogP contribution in [0.2, 0.25) is 0 Å². The molecule has 1 heterocycles. The lowest BCUT2D eigenvalue weighted by Crippen LogP contribution is -1.98. The van der Waals surface area contributed by atoms with Gasteiger partial charge in [-0.05, 0) is 18.6 Å². The van der Waals surface area contributed by atoms with Crippen molar-refractivity contribution in [1.82, 2.24) is 9.97 Å². The fraction of sp³-hybridized carbons (Fsp3) is 0.0833. The number of para-hydroxylation sites is 1. The number of hydrogen-bond acceptors (Lipinski definition) is 4. The minimum atomic E-state index is 0.436. The van der Waals surface area contributed by atoms with E-state index in [-0.39, 0.29) is 0 Å². The van der Waals surface area contributed by atoms with Crippen molar-refractivity contribution in [3.05, 3.63) is 47.9 Å². The van der Waals surface area contributed by atoms with Gasteiger partial charge < -0.3 is 5.32 Å². The molecule has 0 saturated heterocycles. The summed E-state index contributed by atoms with van der Waals surface area (Å²) in [5, 5.41) is 12.0. The second-order valence-electron chi connectivity index (χ2n) is 3.34. The first-order chi connectivity index (χ1) is 7.81. The molecule has 2 rings (SSSR count). The minimum absolute atomic E-state index is 0.436. The maximum atomic E-state index is 8.90. The molecule has 1 N–H and O–H groups in total. The topological polar surface area (TPSA) is 61.6 Å². The number of aryl methyl sites for hydroxylation is 1. The summed E-state index contributed by atoms with van der Waals surface area (Å²) in [4.78, 5) is 7.85. The highest BCUT2D eigenvalue weighted by molar-refractivity contribution is 5.64. The predicted octanol–water partition coefficient (Wildman–Crippen LogP) is 2.40. The zero-order valence-electron chi connectivity index (χ0n) is 8.81. The van der Waals surface area contributed by atoms with Crippen LogP contribution in [0.1, 0.15) is 11.1 Å². The zero-order chi connectivity index (χ0) is 11.4. The summed E-state index contributed by atoms with van der Waals surface area (Å²) < 4.78 is 0. The van der Waals surface area contributed by atoms with Gasteiger partial charge >= 0.3 is 0 Å². The monoisotopic (exact) mass is 210 g/mol. The first-order valence-corrected chi connectivity index (χ1v) is 4.84. The molecule has 0 spiro atoms. The molecule has 0 fully saturated rings. The summed E-state index contributed by atoms with van der Waals surface area (Å²) in [6, 6.07) is 9.88. The standard InChI is InChI=1S/C12H10N4/c1-9-4-2-3-5-11(9)16-12-10(6-13)7-14-8-15-12/h2-5,7-8H,1H3,(H,14,15,16). The summed E-state index contributed by atoms with van der Waals surface area (Å²) in [5.74, 6) is 0.534. The fourth-order valence-electron chi connectivity index (χ4n) is 1.35.